The van der Waals surface area contributed by atoms with E-state index in [1.807, 2.05) is 0 Å². The fourth-order valence-electron chi connectivity index (χ4n) is 2.95. The van der Waals surface area contributed by atoms with E-state index in [4.69, 9.17) is 5.11 Å². The Bertz CT molecular complexity index is 803. The van der Waals surface area contributed by atoms with E-state index in [0.717, 1.165) is 5.56 Å². The van der Waals surface area contributed by atoms with Gasteiger partial charge in [0.1, 0.15) is 11.5 Å². The first-order chi connectivity index (χ1) is 12.0. The maximum Gasteiger partial charge on any atom is 0.268 e. The number of aromatic nitrogens is 1. The summed E-state index contributed by atoms with van der Waals surface area (Å²) in [7, 11) is 0. The second-order valence-electron chi connectivity index (χ2n) is 6.25. The lowest BCUT2D eigenvalue weighted by Gasteiger charge is -2.26. The van der Waals surface area contributed by atoms with Gasteiger partial charge in [0.05, 0.1) is 12.6 Å². The van der Waals surface area contributed by atoms with Crippen LogP contribution in [0.4, 0.5) is 4.39 Å². The van der Waals surface area contributed by atoms with Crippen LogP contribution < -0.4 is 10.6 Å². The molecule has 25 heavy (non-hydrogen) atoms. The van der Waals surface area contributed by atoms with E-state index >= 15 is 0 Å². The summed E-state index contributed by atoms with van der Waals surface area (Å²) >= 11 is 0. The van der Waals surface area contributed by atoms with Gasteiger partial charge in [-0.05, 0) is 30.7 Å². The minimum absolute atomic E-state index is 0.133. The maximum atomic E-state index is 13.5. The molecule has 6 nitrogen and oxygen atoms in total. The predicted molar refractivity (Wildman–Crippen MR) is 90.5 cm³/mol. The molecule has 0 unspecified atom stereocenters. The highest BCUT2D eigenvalue weighted by Crippen LogP contribution is 2.28. The third kappa shape index (κ3) is 3.71. The van der Waals surface area contributed by atoms with Crippen molar-refractivity contribution in [1.82, 2.24) is 15.2 Å². The number of nitrogens with one attached hydrogen (secondary N) is 2. The molecular weight excluding hydrogens is 325 g/mol. The van der Waals surface area contributed by atoms with Crippen molar-refractivity contribution in [2.45, 2.75) is 25.4 Å². The SMILES string of the molecule is C[C@H](CO)NC(=O)C[C@H]1CNC(=O)c2cc(-c3cccc(F)c3)cn21. The molecule has 0 fully saturated rings. The molecule has 132 valence electrons. The second kappa shape index (κ2) is 7.06. The van der Waals surface area contributed by atoms with Gasteiger partial charge in [-0.25, -0.2) is 4.39 Å². The fraction of sp³-hybridized carbons (Fsp3) is 0.333. The molecule has 1 aromatic carbocycles. The van der Waals surface area contributed by atoms with E-state index < -0.39 is 0 Å². The molecule has 7 heteroatoms. The molecule has 0 aliphatic carbocycles. The molecule has 1 aliphatic heterocycles. The minimum atomic E-state index is -0.347. The van der Waals surface area contributed by atoms with Gasteiger partial charge in [0.15, 0.2) is 0 Å². The summed E-state index contributed by atoms with van der Waals surface area (Å²) in [6.07, 6.45) is 1.95. The molecule has 2 atom stereocenters. The summed E-state index contributed by atoms with van der Waals surface area (Å²) in [5, 5.41) is 14.5. The molecule has 3 N–H and O–H groups in total. The van der Waals surface area contributed by atoms with E-state index in [1.54, 1.807) is 35.9 Å². The highest BCUT2D eigenvalue weighted by Gasteiger charge is 2.27. The van der Waals surface area contributed by atoms with Gasteiger partial charge >= 0.3 is 0 Å². The Morgan fingerprint density at radius 2 is 2.24 bits per heavy atom. The molecule has 0 spiro atoms. The number of aliphatic hydroxyl groups excluding tert-OH is 1. The van der Waals surface area contributed by atoms with Crippen LogP contribution in [0.5, 0.6) is 0 Å². The molecule has 2 aromatic rings. The number of fused-ring (bicyclic) bond motifs is 1. The Hall–Kier alpha value is -2.67. The first-order valence-electron chi connectivity index (χ1n) is 8.14. The number of nitrogens with zero attached hydrogens (tertiary/aromatic N) is 1. The number of carbonyl (C=O) groups excluding carboxylic acids is 2. The third-order valence-electron chi connectivity index (χ3n) is 4.23. The lowest BCUT2D eigenvalue weighted by molar-refractivity contribution is -0.122. The van der Waals surface area contributed by atoms with E-state index in [2.05, 4.69) is 10.6 Å². The van der Waals surface area contributed by atoms with Gasteiger partial charge in [-0.15, -0.1) is 0 Å². The number of amides is 2. The summed E-state index contributed by atoms with van der Waals surface area (Å²) in [6.45, 7) is 1.92. The largest absolute Gasteiger partial charge is 0.394 e. The van der Waals surface area contributed by atoms with Crippen molar-refractivity contribution in [3.8, 4) is 11.1 Å². The lowest BCUT2D eigenvalue weighted by atomic mass is 10.1. The number of aliphatic hydroxyl groups is 1. The first kappa shape index (κ1) is 17.2. The van der Waals surface area contributed by atoms with Gasteiger partial charge in [-0.2, -0.15) is 0 Å². The average molecular weight is 345 g/mol. The highest BCUT2D eigenvalue weighted by molar-refractivity contribution is 5.95. The zero-order valence-electron chi connectivity index (χ0n) is 13.8. The number of rotatable bonds is 5. The zero-order valence-corrected chi connectivity index (χ0v) is 13.8. The normalized spacial score (nSPS) is 17.6. The minimum Gasteiger partial charge on any atom is -0.394 e. The molecule has 0 bridgehead atoms. The summed E-state index contributed by atoms with van der Waals surface area (Å²) < 4.78 is 15.2. The number of carbonyl (C=O) groups is 2. The Morgan fingerprint density at radius 3 is 2.96 bits per heavy atom. The topological polar surface area (TPSA) is 83.4 Å². The van der Waals surface area contributed by atoms with Crippen molar-refractivity contribution in [3.05, 3.63) is 48.0 Å². The van der Waals surface area contributed by atoms with Crippen LogP contribution in [0.3, 0.4) is 0 Å². The monoisotopic (exact) mass is 345 g/mol. The van der Waals surface area contributed by atoms with Gasteiger partial charge in [0.25, 0.3) is 5.91 Å². The molecule has 1 aromatic heterocycles. The van der Waals surface area contributed by atoms with Gasteiger partial charge in [-0.1, -0.05) is 12.1 Å². The Balaban J connectivity index is 1.86. The van der Waals surface area contributed by atoms with Crippen molar-refractivity contribution in [1.29, 1.82) is 0 Å². The summed E-state index contributed by atoms with van der Waals surface area (Å²) in [4.78, 5) is 24.2. The van der Waals surface area contributed by atoms with E-state index in [-0.39, 0.29) is 42.7 Å². The van der Waals surface area contributed by atoms with Crippen LogP contribution in [0.25, 0.3) is 11.1 Å². The van der Waals surface area contributed by atoms with Crippen LogP contribution in [0.15, 0.2) is 36.5 Å². The molecule has 2 amide bonds. The quantitative estimate of drug-likeness (QED) is 0.767. The Kier molecular flexibility index (Phi) is 4.85. The van der Waals surface area contributed by atoms with Gasteiger partial charge in [-0.3, -0.25) is 9.59 Å². The highest BCUT2D eigenvalue weighted by atomic mass is 19.1. The van der Waals surface area contributed by atoms with Crippen molar-refractivity contribution in [2.75, 3.05) is 13.2 Å². The van der Waals surface area contributed by atoms with Crippen molar-refractivity contribution in [2.24, 2.45) is 0 Å². The van der Waals surface area contributed by atoms with Gasteiger partial charge in [0, 0.05) is 30.8 Å². The Morgan fingerprint density at radius 1 is 1.44 bits per heavy atom. The zero-order chi connectivity index (χ0) is 18.0. The summed E-state index contributed by atoms with van der Waals surface area (Å²) in [5.74, 6) is -0.766. The van der Waals surface area contributed by atoms with Gasteiger partial charge in [0.2, 0.25) is 5.91 Å². The van der Waals surface area contributed by atoms with Crippen LogP contribution in [-0.2, 0) is 4.79 Å². The molecule has 0 radical (unpaired) electrons. The lowest BCUT2D eigenvalue weighted by Crippen LogP contribution is -2.42. The van der Waals surface area contributed by atoms with Crippen molar-refractivity contribution < 1.29 is 19.1 Å². The van der Waals surface area contributed by atoms with Crippen LogP contribution in [0.2, 0.25) is 0 Å². The molecular formula is C18H20FN3O3. The average Bonchev–Trinajstić information content (AvgIpc) is 3.04. The molecule has 0 saturated heterocycles. The maximum absolute atomic E-state index is 13.5. The van der Waals surface area contributed by atoms with Gasteiger partial charge < -0.3 is 20.3 Å². The van der Waals surface area contributed by atoms with E-state index in [9.17, 15) is 14.0 Å². The predicted octanol–water partition coefficient (Wildman–Crippen LogP) is 1.47. The Labute approximate surface area is 144 Å². The number of hydrogen-bond acceptors (Lipinski definition) is 3. The third-order valence-corrected chi connectivity index (χ3v) is 4.23. The summed E-state index contributed by atoms with van der Waals surface area (Å²) in [5.41, 5.74) is 1.84. The molecule has 0 saturated carbocycles. The first-order valence-corrected chi connectivity index (χ1v) is 8.14. The van der Waals surface area contributed by atoms with Crippen LogP contribution in [-0.4, -0.2) is 40.7 Å². The fourth-order valence-corrected chi connectivity index (χ4v) is 2.95. The second-order valence-corrected chi connectivity index (χ2v) is 6.25. The summed E-state index contributed by atoms with van der Waals surface area (Å²) in [6, 6.07) is 7.30. The van der Waals surface area contributed by atoms with Crippen LogP contribution in [0, 0.1) is 5.82 Å². The standard InChI is InChI=1S/C18H20FN3O3/c1-11(10-23)21-17(24)7-15-8-20-18(25)16-6-13(9-22(15)16)12-3-2-4-14(19)5-12/h2-6,9,11,15,23H,7-8,10H2,1H3,(H,20,25)(H,21,24)/t11-,15+/m1/s1. The number of hydrogen-bond donors (Lipinski definition) is 3. The number of benzene rings is 1. The van der Waals surface area contributed by atoms with Crippen molar-refractivity contribution in [3.63, 3.8) is 0 Å². The van der Waals surface area contributed by atoms with Crippen LogP contribution in [0.1, 0.15) is 29.9 Å². The molecule has 3 rings (SSSR count). The van der Waals surface area contributed by atoms with E-state index in [0.29, 0.717) is 17.8 Å². The van der Waals surface area contributed by atoms with Crippen LogP contribution >= 0.6 is 0 Å². The molecule has 2 heterocycles. The smallest absolute Gasteiger partial charge is 0.268 e. The van der Waals surface area contributed by atoms with E-state index in [1.165, 1.54) is 12.1 Å². The molecule has 1 aliphatic rings. The number of halogens is 1. The van der Waals surface area contributed by atoms with Crippen molar-refractivity contribution >= 4 is 11.8 Å².